The number of hydrogen-bond donors (Lipinski definition) is 1. The summed E-state index contributed by atoms with van der Waals surface area (Å²) in [5, 5.41) is 3.46. The number of likely N-dealkylation sites (N-methyl/N-ethyl adjacent to an activating group) is 1. The summed E-state index contributed by atoms with van der Waals surface area (Å²) >= 11 is 0. The number of nitrogens with one attached hydrogen (secondary N) is 1. The Morgan fingerprint density at radius 3 is 3.00 bits per heavy atom. The van der Waals surface area contributed by atoms with E-state index in [0.717, 1.165) is 24.9 Å². The Hall–Kier alpha value is -0.800. The molecule has 0 aromatic carbocycles. The highest BCUT2D eigenvalue weighted by Crippen LogP contribution is 2.24. The van der Waals surface area contributed by atoms with Gasteiger partial charge in [0.25, 0.3) is 0 Å². The molecule has 3 nitrogen and oxygen atoms in total. The van der Waals surface area contributed by atoms with E-state index in [0.29, 0.717) is 6.04 Å². The topological polar surface area (TPSA) is 28.4 Å². The highest BCUT2D eigenvalue weighted by Gasteiger charge is 2.25. The molecular weight excluding hydrogens is 188 g/mol. The molecule has 0 bridgehead atoms. The molecule has 0 spiro atoms. The maximum Gasteiger partial charge on any atom is 0.120 e. The van der Waals surface area contributed by atoms with Crippen LogP contribution >= 0.6 is 0 Å². The van der Waals surface area contributed by atoms with E-state index in [1.807, 2.05) is 12.1 Å². The number of furan rings is 1. The first-order valence-electron chi connectivity index (χ1n) is 5.74. The summed E-state index contributed by atoms with van der Waals surface area (Å²) in [4.78, 5) is 2.43. The van der Waals surface area contributed by atoms with Gasteiger partial charge in [0.1, 0.15) is 5.76 Å². The molecule has 1 saturated carbocycles. The van der Waals surface area contributed by atoms with Gasteiger partial charge in [0, 0.05) is 19.1 Å². The first kappa shape index (κ1) is 10.7. The van der Waals surface area contributed by atoms with Crippen LogP contribution in [0, 0.1) is 0 Å². The van der Waals surface area contributed by atoms with Crippen molar-refractivity contribution in [2.24, 2.45) is 0 Å². The van der Waals surface area contributed by atoms with Crippen molar-refractivity contribution in [1.82, 2.24) is 10.2 Å². The van der Waals surface area contributed by atoms with Gasteiger partial charge in [0.2, 0.25) is 0 Å². The first-order valence-corrected chi connectivity index (χ1v) is 5.74. The van der Waals surface area contributed by atoms with Gasteiger partial charge in [-0.2, -0.15) is 0 Å². The summed E-state index contributed by atoms with van der Waals surface area (Å²) in [6.45, 7) is 4.28. The molecule has 3 heteroatoms. The lowest BCUT2D eigenvalue weighted by atomic mass is 10.2. The Kier molecular flexibility index (Phi) is 3.44. The quantitative estimate of drug-likeness (QED) is 0.775. The van der Waals surface area contributed by atoms with E-state index in [9.17, 15) is 0 Å². The van der Waals surface area contributed by atoms with Crippen LogP contribution in [0.4, 0.5) is 0 Å². The standard InChI is InChI=1S/C12H20N2O/c1-10(12-4-3-9-15-12)13-7-8-14(2)11-5-6-11/h3-4,9-11,13H,5-8H2,1-2H3. The monoisotopic (exact) mass is 208 g/mol. The average Bonchev–Trinajstić information content (AvgIpc) is 2.93. The fourth-order valence-corrected chi connectivity index (χ4v) is 1.79. The number of rotatable bonds is 6. The SMILES string of the molecule is CC(NCCN(C)C1CC1)c1ccco1. The second-order valence-corrected chi connectivity index (χ2v) is 4.40. The molecule has 15 heavy (non-hydrogen) atoms. The first-order chi connectivity index (χ1) is 7.27. The molecule has 2 rings (SSSR count). The van der Waals surface area contributed by atoms with E-state index < -0.39 is 0 Å². The summed E-state index contributed by atoms with van der Waals surface area (Å²) in [5.74, 6) is 1.02. The minimum Gasteiger partial charge on any atom is -0.468 e. The minimum absolute atomic E-state index is 0.313. The van der Waals surface area contributed by atoms with Crippen molar-refractivity contribution in [3.8, 4) is 0 Å². The Bertz CT molecular complexity index is 280. The maximum atomic E-state index is 5.34. The molecule has 1 aromatic rings. The van der Waals surface area contributed by atoms with Crippen molar-refractivity contribution < 1.29 is 4.42 Å². The van der Waals surface area contributed by atoms with Crippen LogP contribution < -0.4 is 5.32 Å². The fraction of sp³-hybridized carbons (Fsp3) is 0.667. The van der Waals surface area contributed by atoms with Gasteiger partial charge in [-0.15, -0.1) is 0 Å². The molecule has 1 heterocycles. The number of hydrogen-bond acceptors (Lipinski definition) is 3. The Balaban J connectivity index is 1.64. The van der Waals surface area contributed by atoms with Gasteiger partial charge in [-0.25, -0.2) is 0 Å². The smallest absolute Gasteiger partial charge is 0.120 e. The second-order valence-electron chi connectivity index (χ2n) is 4.40. The van der Waals surface area contributed by atoms with Gasteiger partial charge in [0.05, 0.1) is 12.3 Å². The Morgan fingerprint density at radius 2 is 2.40 bits per heavy atom. The third-order valence-corrected chi connectivity index (χ3v) is 3.06. The molecule has 1 aromatic heterocycles. The van der Waals surface area contributed by atoms with E-state index in [2.05, 4.69) is 24.2 Å². The fourth-order valence-electron chi connectivity index (χ4n) is 1.79. The largest absolute Gasteiger partial charge is 0.468 e. The van der Waals surface area contributed by atoms with Crippen molar-refractivity contribution in [2.75, 3.05) is 20.1 Å². The summed E-state index contributed by atoms with van der Waals surface area (Å²) in [5.41, 5.74) is 0. The summed E-state index contributed by atoms with van der Waals surface area (Å²) in [7, 11) is 2.21. The lowest BCUT2D eigenvalue weighted by molar-refractivity contribution is 0.311. The van der Waals surface area contributed by atoms with Crippen molar-refractivity contribution in [2.45, 2.75) is 31.8 Å². The van der Waals surface area contributed by atoms with Crippen LogP contribution in [-0.4, -0.2) is 31.1 Å². The van der Waals surface area contributed by atoms with Gasteiger partial charge in [0.15, 0.2) is 0 Å². The number of nitrogens with zero attached hydrogens (tertiary/aromatic N) is 1. The van der Waals surface area contributed by atoms with E-state index >= 15 is 0 Å². The van der Waals surface area contributed by atoms with Crippen LogP contribution in [-0.2, 0) is 0 Å². The molecule has 1 N–H and O–H groups in total. The van der Waals surface area contributed by atoms with Crippen LogP contribution in [0.15, 0.2) is 22.8 Å². The Labute approximate surface area is 91.4 Å². The lowest BCUT2D eigenvalue weighted by Gasteiger charge is -2.17. The van der Waals surface area contributed by atoms with Crippen molar-refractivity contribution in [3.05, 3.63) is 24.2 Å². The van der Waals surface area contributed by atoms with E-state index in [1.165, 1.54) is 12.8 Å². The molecule has 0 radical (unpaired) electrons. The molecule has 1 atom stereocenters. The molecule has 84 valence electrons. The van der Waals surface area contributed by atoms with Crippen LogP contribution in [0.1, 0.15) is 31.6 Å². The molecule has 1 aliphatic rings. The van der Waals surface area contributed by atoms with Crippen LogP contribution in [0.5, 0.6) is 0 Å². The molecule has 1 unspecified atom stereocenters. The van der Waals surface area contributed by atoms with Gasteiger partial charge in [-0.1, -0.05) is 0 Å². The van der Waals surface area contributed by atoms with Gasteiger partial charge in [-0.3, -0.25) is 0 Å². The molecule has 1 fully saturated rings. The highest BCUT2D eigenvalue weighted by molar-refractivity contribution is 5.02. The predicted molar refractivity (Wildman–Crippen MR) is 60.8 cm³/mol. The third kappa shape index (κ3) is 3.08. The normalized spacial score (nSPS) is 18.3. The van der Waals surface area contributed by atoms with Crippen molar-refractivity contribution in [3.63, 3.8) is 0 Å². The van der Waals surface area contributed by atoms with E-state index in [4.69, 9.17) is 4.42 Å². The second kappa shape index (κ2) is 4.81. The average molecular weight is 208 g/mol. The minimum atomic E-state index is 0.313. The van der Waals surface area contributed by atoms with E-state index in [-0.39, 0.29) is 0 Å². The zero-order valence-electron chi connectivity index (χ0n) is 9.57. The van der Waals surface area contributed by atoms with Crippen molar-refractivity contribution >= 4 is 0 Å². The Morgan fingerprint density at radius 1 is 1.60 bits per heavy atom. The summed E-state index contributed by atoms with van der Waals surface area (Å²) in [6, 6.07) is 5.12. The summed E-state index contributed by atoms with van der Waals surface area (Å²) in [6.07, 6.45) is 4.48. The molecule has 0 amide bonds. The maximum absolute atomic E-state index is 5.34. The van der Waals surface area contributed by atoms with Gasteiger partial charge in [-0.05, 0) is 38.9 Å². The van der Waals surface area contributed by atoms with Gasteiger partial charge >= 0.3 is 0 Å². The van der Waals surface area contributed by atoms with Gasteiger partial charge < -0.3 is 14.6 Å². The molecular formula is C12H20N2O. The summed E-state index contributed by atoms with van der Waals surface area (Å²) < 4.78 is 5.34. The molecule has 0 aliphatic heterocycles. The van der Waals surface area contributed by atoms with Crippen LogP contribution in [0.2, 0.25) is 0 Å². The molecule has 1 aliphatic carbocycles. The van der Waals surface area contributed by atoms with Crippen LogP contribution in [0.25, 0.3) is 0 Å². The van der Waals surface area contributed by atoms with E-state index in [1.54, 1.807) is 6.26 Å². The predicted octanol–water partition coefficient (Wildman–Crippen LogP) is 2.02. The highest BCUT2D eigenvalue weighted by atomic mass is 16.3. The van der Waals surface area contributed by atoms with Crippen molar-refractivity contribution in [1.29, 1.82) is 0 Å². The third-order valence-electron chi connectivity index (χ3n) is 3.06. The molecule has 0 saturated heterocycles. The zero-order chi connectivity index (χ0) is 10.7. The lowest BCUT2D eigenvalue weighted by Crippen LogP contribution is -2.31. The zero-order valence-corrected chi connectivity index (χ0v) is 9.57. The van der Waals surface area contributed by atoms with Crippen LogP contribution in [0.3, 0.4) is 0 Å².